The SMILES string of the molecule is CC1CC(COP(=O)(OCCSC(=O)C(C)(C)CO)N(C)C)OC1n1cnc2c(=O)[nH]c(N)nc21. The van der Waals surface area contributed by atoms with Gasteiger partial charge in [-0.3, -0.25) is 28.2 Å². The molecule has 0 radical (unpaired) electrons. The Morgan fingerprint density at radius 3 is 2.83 bits per heavy atom. The molecule has 3 rings (SSSR count). The topological polar surface area (TPSA) is 175 Å². The fourth-order valence-corrected chi connectivity index (χ4v) is 5.63. The number of carbonyl (C=O) groups excluding carboxylic acids is 1. The van der Waals surface area contributed by atoms with Gasteiger partial charge in [-0.05, 0) is 34.4 Å². The highest BCUT2D eigenvalue weighted by atomic mass is 32.2. The monoisotopic (exact) mass is 532 g/mol. The van der Waals surface area contributed by atoms with Crippen LogP contribution < -0.4 is 11.3 Å². The van der Waals surface area contributed by atoms with Gasteiger partial charge in [0.2, 0.25) is 5.95 Å². The second-order valence-electron chi connectivity index (χ2n) is 9.26. The molecule has 1 fully saturated rings. The number of imidazole rings is 1. The summed E-state index contributed by atoms with van der Waals surface area (Å²) >= 11 is 1.01. The van der Waals surface area contributed by atoms with E-state index < -0.39 is 24.9 Å². The van der Waals surface area contributed by atoms with Gasteiger partial charge in [-0.1, -0.05) is 18.7 Å². The maximum Gasteiger partial charge on any atom is 0.407 e. The van der Waals surface area contributed by atoms with E-state index in [1.807, 2.05) is 6.92 Å². The molecule has 196 valence electrons. The highest BCUT2D eigenvalue weighted by Crippen LogP contribution is 2.51. The number of thioether (sulfide) groups is 1. The number of hydrogen-bond acceptors (Lipinski definition) is 11. The van der Waals surface area contributed by atoms with Crippen LogP contribution in [0.3, 0.4) is 0 Å². The highest BCUT2D eigenvalue weighted by Gasteiger charge is 2.37. The third-order valence-corrected chi connectivity index (χ3v) is 8.76. The van der Waals surface area contributed by atoms with Crippen LogP contribution in [-0.2, 0) is 23.1 Å². The van der Waals surface area contributed by atoms with Crippen molar-refractivity contribution in [1.82, 2.24) is 24.2 Å². The molecule has 3 heterocycles. The number of H-pyrrole nitrogens is 1. The molecule has 15 heteroatoms. The molecule has 4 atom stereocenters. The second-order valence-corrected chi connectivity index (χ2v) is 12.6. The molecule has 0 aromatic carbocycles. The van der Waals surface area contributed by atoms with Crippen LogP contribution in [0.15, 0.2) is 11.1 Å². The van der Waals surface area contributed by atoms with Crippen LogP contribution in [-0.4, -0.2) is 80.2 Å². The Morgan fingerprint density at radius 1 is 1.46 bits per heavy atom. The van der Waals surface area contributed by atoms with E-state index in [2.05, 4.69) is 15.0 Å². The maximum absolute atomic E-state index is 13.2. The summed E-state index contributed by atoms with van der Waals surface area (Å²) in [5, 5.41) is 9.12. The lowest BCUT2D eigenvalue weighted by Gasteiger charge is -2.25. The lowest BCUT2D eigenvalue weighted by Crippen LogP contribution is -2.26. The lowest BCUT2D eigenvalue weighted by molar-refractivity contribution is -0.119. The Bertz CT molecular complexity index is 1150. The first-order valence-corrected chi connectivity index (χ1v) is 13.6. The minimum atomic E-state index is -3.62. The molecule has 2 aromatic heterocycles. The highest BCUT2D eigenvalue weighted by molar-refractivity contribution is 8.13. The van der Waals surface area contributed by atoms with Crippen molar-refractivity contribution in [2.45, 2.75) is 39.5 Å². The van der Waals surface area contributed by atoms with E-state index in [-0.39, 0.29) is 54.2 Å². The van der Waals surface area contributed by atoms with Gasteiger partial charge < -0.3 is 15.6 Å². The Balaban J connectivity index is 1.58. The molecule has 1 saturated heterocycles. The molecule has 4 N–H and O–H groups in total. The van der Waals surface area contributed by atoms with E-state index in [1.54, 1.807) is 32.5 Å². The average molecular weight is 533 g/mol. The first-order valence-electron chi connectivity index (χ1n) is 11.1. The molecule has 0 amide bonds. The molecule has 13 nitrogen and oxygen atoms in total. The summed E-state index contributed by atoms with van der Waals surface area (Å²) in [4.78, 5) is 34.9. The van der Waals surface area contributed by atoms with Crippen molar-refractivity contribution >= 4 is 41.7 Å². The van der Waals surface area contributed by atoms with Gasteiger partial charge >= 0.3 is 7.75 Å². The number of aliphatic hydroxyl groups is 1. The Hall–Kier alpha value is -1.80. The molecule has 1 aliphatic rings. The number of aromatic amines is 1. The van der Waals surface area contributed by atoms with Crippen LogP contribution in [0, 0.1) is 11.3 Å². The number of anilines is 1. The molecular weight excluding hydrogens is 499 g/mol. The predicted octanol–water partition coefficient (Wildman–Crippen LogP) is 1.61. The number of aromatic nitrogens is 4. The molecule has 4 unspecified atom stereocenters. The predicted molar refractivity (Wildman–Crippen MR) is 132 cm³/mol. The lowest BCUT2D eigenvalue weighted by atomic mass is 9.97. The Labute approximate surface area is 207 Å². The van der Waals surface area contributed by atoms with Crippen LogP contribution in [0.2, 0.25) is 0 Å². The summed E-state index contributed by atoms with van der Waals surface area (Å²) in [5.41, 5.74) is 4.89. The zero-order chi connectivity index (χ0) is 26.0. The van der Waals surface area contributed by atoms with Crippen molar-refractivity contribution in [2.24, 2.45) is 11.3 Å². The third kappa shape index (κ3) is 6.31. The summed E-state index contributed by atoms with van der Waals surface area (Å²) in [5.74, 6) is 0.282. The largest absolute Gasteiger partial charge is 0.407 e. The molecule has 0 bridgehead atoms. The van der Waals surface area contributed by atoms with Gasteiger partial charge in [0.15, 0.2) is 16.3 Å². The normalized spacial score (nSPS) is 22.7. The van der Waals surface area contributed by atoms with Gasteiger partial charge in [0.1, 0.15) is 6.23 Å². The van der Waals surface area contributed by atoms with Crippen LogP contribution in [0.1, 0.15) is 33.4 Å². The van der Waals surface area contributed by atoms with Gasteiger partial charge in [-0.25, -0.2) is 14.2 Å². The number of aliphatic hydroxyl groups excluding tert-OH is 1. The van der Waals surface area contributed by atoms with Crippen molar-refractivity contribution in [2.75, 3.05) is 45.4 Å². The third-order valence-electron chi connectivity index (χ3n) is 5.61. The van der Waals surface area contributed by atoms with Crippen molar-refractivity contribution in [3.63, 3.8) is 0 Å². The van der Waals surface area contributed by atoms with Crippen molar-refractivity contribution in [3.8, 4) is 0 Å². The Morgan fingerprint density at radius 2 is 2.17 bits per heavy atom. The van der Waals surface area contributed by atoms with E-state index in [9.17, 15) is 19.3 Å². The van der Waals surface area contributed by atoms with E-state index in [4.69, 9.17) is 19.5 Å². The quantitative estimate of drug-likeness (QED) is 0.282. The first-order chi connectivity index (χ1) is 16.4. The molecule has 0 aliphatic carbocycles. The van der Waals surface area contributed by atoms with Crippen molar-refractivity contribution in [1.29, 1.82) is 0 Å². The summed E-state index contributed by atoms with van der Waals surface area (Å²) in [6, 6.07) is 0. The number of nitrogen functional groups attached to an aromatic ring is 1. The Kier molecular flexibility index (Phi) is 8.79. The number of ether oxygens (including phenoxy) is 1. The standard InChI is InChI=1S/C20H33N6O7PS/c1-12-8-13(33-17(12)26-11-22-14-15(26)23-19(21)24-16(14)28)9-32-34(30,25(4)5)31-6-7-35-18(29)20(2,3)10-27/h11-13,17,27H,6-10H2,1-5H3,(H3,21,23,24,28). The summed E-state index contributed by atoms with van der Waals surface area (Å²) in [6.07, 6.45) is 1.25. The number of fused-ring (bicyclic) bond motifs is 1. The number of nitrogens with zero attached hydrogens (tertiary/aromatic N) is 4. The zero-order valence-electron chi connectivity index (χ0n) is 20.5. The molecule has 2 aromatic rings. The fraction of sp³-hybridized carbons (Fsp3) is 0.700. The number of hydrogen-bond donors (Lipinski definition) is 3. The zero-order valence-corrected chi connectivity index (χ0v) is 22.2. The number of nitrogens with one attached hydrogen (secondary N) is 1. The fourth-order valence-electron chi connectivity index (χ4n) is 3.49. The van der Waals surface area contributed by atoms with Crippen LogP contribution >= 0.6 is 19.5 Å². The molecule has 0 saturated carbocycles. The van der Waals surface area contributed by atoms with Crippen LogP contribution in [0.5, 0.6) is 0 Å². The molecule has 35 heavy (non-hydrogen) atoms. The number of nitrogens with two attached hydrogens (primary N) is 1. The molecular formula is C20H33N6O7PS. The van der Waals surface area contributed by atoms with Crippen LogP contribution in [0.4, 0.5) is 5.95 Å². The second kappa shape index (κ2) is 11.1. The van der Waals surface area contributed by atoms with E-state index in [0.29, 0.717) is 12.1 Å². The van der Waals surface area contributed by atoms with Crippen molar-refractivity contribution < 1.29 is 28.3 Å². The van der Waals surface area contributed by atoms with Crippen LogP contribution in [0.25, 0.3) is 11.2 Å². The first kappa shape index (κ1) is 27.8. The molecule has 1 aliphatic heterocycles. The summed E-state index contributed by atoms with van der Waals surface area (Å²) in [6.45, 7) is 5.08. The average Bonchev–Trinajstić information content (AvgIpc) is 3.37. The maximum atomic E-state index is 13.2. The van der Waals surface area contributed by atoms with Crippen molar-refractivity contribution in [3.05, 3.63) is 16.7 Å². The minimum Gasteiger partial charge on any atom is -0.395 e. The minimum absolute atomic E-state index is 0.0151. The summed E-state index contributed by atoms with van der Waals surface area (Å²) in [7, 11) is -0.450. The van der Waals surface area contributed by atoms with Gasteiger partial charge in [0.25, 0.3) is 5.56 Å². The summed E-state index contributed by atoms with van der Waals surface area (Å²) < 4.78 is 33.6. The molecule has 0 spiro atoms. The van der Waals surface area contributed by atoms with Gasteiger partial charge in [0.05, 0.1) is 37.7 Å². The van der Waals surface area contributed by atoms with Gasteiger partial charge in [-0.15, -0.1) is 0 Å². The smallest absolute Gasteiger partial charge is 0.395 e. The van der Waals surface area contributed by atoms with E-state index in [1.165, 1.54) is 11.0 Å². The van der Waals surface area contributed by atoms with E-state index >= 15 is 0 Å². The van der Waals surface area contributed by atoms with Gasteiger partial charge in [0, 0.05) is 11.7 Å². The number of rotatable bonds is 11. The van der Waals surface area contributed by atoms with Gasteiger partial charge in [-0.2, -0.15) is 4.98 Å². The number of carbonyl (C=O) groups is 1. The van der Waals surface area contributed by atoms with E-state index in [0.717, 1.165) is 11.8 Å².